The van der Waals surface area contributed by atoms with E-state index in [4.69, 9.17) is 12.2 Å². The minimum absolute atomic E-state index is 0.322. The van der Waals surface area contributed by atoms with Crippen LogP contribution in [0, 0.1) is 10.6 Å². The first-order valence-electron chi connectivity index (χ1n) is 6.48. The maximum atomic E-state index is 13.8. The highest BCUT2D eigenvalue weighted by Gasteiger charge is 2.11. The summed E-state index contributed by atoms with van der Waals surface area (Å²) < 4.78 is 17.2. The molecule has 1 N–H and O–H groups in total. The topological polar surface area (TPSA) is 46.0 Å². The zero-order valence-corrected chi connectivity index (χ0v) is 15.5. The van der Waals surface area contributed by atoms with Crippen molar-refractivity contribution in [1.29, 1.82) is 0 Å². The Morgan fingerprint density at radius 3 is 2.78 bits per heavy atom. The van der Waals surface area contributed by atoms with Crippen LogP contribution in [0.4, 0.5) is 4.39 Å². The van der Waals surface area contributed by atoms with Gasteiger partial charge in [-0.1, -0.05) is 44.0 Å². The zero-order valence-electron chi connectivity index (χ0n) is 11.5. The van der Waals surface area contributed by atoms with Crippen LogP contribution in [0.5, 0.6) is 0 Å². The molecule has 0 radical (unpaired) electrons. The van der Waals surface area contributed by atoms with Gasteiger partial charge in [0.25, 0.3) is 0 Å². The molecule has 116 valence electrons. The molecule has 0 atom stereocenters. The van der Waals surface area contributed by atoms with Crippen molar-refractivity contribution in [1.82, 2.24) is 14.9 Å². The molecular weight excluding hydrogens is 447 g/mol. The van der Waals surface area contributed by atoms with Gasteiger partial charge < -0.3 is 0 Å². The summed E-state index contributed by atoms with van der Waals surface area (Å²) in [5.74, 6) is 0.170. The van der Waals surface area contributed by atoms with E-state index in [1.54, 1.807) is 12.1 Å². The second-order valence-corrected chi connectivity index (χ2v) is 6.71. The lowest BCUT2D eigenvalue weighted by Gasteiger charge is -2.03. The Balaban J connectivity index is 2.06. The molecule has 8 heteroatoms. The molecule has 0 bridgehead atoms. The van der Waals surface area contributed by atoms with Crippen molar-refractivity contribution in [2.24, 2.45) is 5.10 Å². The Bertz CT molecular complexity index is 949. The van der Waals surface area contributed by atoms with E-state index < -0.39 is 0 Å². The number of H-pyrrole nitrogens is 1. The van der Waals surface area contributed by atoms with E-state index in [1.165, 1.54) is 17.0 Å². The molecule has 0 fully saturated rings. The summed E-state index contributed by atoms with van der Waals surface area (Å²) in [4.78, 5) is 0. The third-order valence-corrected chi connectivity index (χ3v) is 4.48. The van der Waals surface area contributed by atoms with Gasteiger partial charge in [0.2, 0.25) is 4.77 Å². The fourth-order valence-electron chi connectivity index (χ4n) is 1.95. The third-order valence-electron chi connectivity index (χ3n) is 3.04. The second-order valence-electron chi connectivity index (χ2n) is 4.55. The van der Waals surface area contributed by atoms with Crippen LogP contribution in [-0.2, 0) is 0 Å². The molecule has 0 unspecified atom stereocenters. The Labute approximate surface area is 153 Å². The van der Waals surface area contributed by atoms with Crippen LogP contribution in [-0.4, -0.2) is 21.1 Å². The number of hydrogen-bond donors (Lipinski definition) is 1. The van der Waals surface area contributed by atoms with Crippen LogP contribution >= 0.6 is 44.1 Å². The van der Waals surface area contributed by atoms with Crippen LogP contribution in [0.3, 0.4) is 0 Å². The van der Waals surface area contributed by atoms with E-state index in [-0.39, 0.29) is 5.82 Å². The Morgan fingerprint density at radius 1 is 1.22 bits per heavy atom. The van der Waals surface area contributed by atoms with Gasteiger partial charge in [0.1, 0.15) is 5.82 Å². The van der Waals surface area contributed by atoms with Crippen LogP contribution in [0.1, 0.15) is 5.56 Å². The molecule has 3 rings (SSSR count). The predicted octanol–water partition coefficient (Wildman–Crippen LogP) is 5.15. The van der Waals surface area contributed by atoms with Crippen LogP contribution < -0.4 is 0 Å². The standard InChI is InChI=1S/C15H9Br2FN4S/c16-10-5-6-13(18)9(7-10)8-19-22-14(20-21-15(22)23)11-3-1-2-4-12(11)17/h1-8H,(H,21,23)/b19-8-. The minimum Gasteiger partial charge on any atom is -0.250 e. The molecule has 1 heterocycles. The van der Waals surface area contributed by atoms with Crippen LogP contribution in [0.25, 0.3) is 11.4 Å². The molecule has 0 aliphatic rings. The number of benzene rings is 2. The SMILES string of the molecule is Fc1ccc(Br)cc1/C=N\n1c(-c2ccccc2Br)n[nH]c1=S. The van der Waals surface area contributed by atoms with Gasteiger partial charge in [-0.05, 0) is 42.5 Å². The van der Waals surface area contributed by atoms with Crippen molar-refractivity contribution in [2.75, 3.05) is 0 Å². The number of nitrogens with zero attached hydrogens (tertiary/aromatic N) is 3. The summed E-state index contributed by atoms with van der Waals surface area (Å²) in [6.07, 6.45) is 1.41. The van der Waals surface area contributed by atoms with E-state index in [1.807, 2.05) is 24.3 Å². The molecular formula is C15H9Br2FN4S. The normalized spacial score (nSPS) is 11.3. The summed E-state index contributed by atoms with van der Waals surface area (Å²) in [6.45, 7) is 0. The monoisotopic (exact) mass is 454 g/mol. The Kier molecular flexibility index (Phi) is 4.84. The maximum absolute atomic E-state index is 13.8. The number of halogens is 3. The number of rotatable bonds is 3. The summed E-state index contributed by atoms with van der Waals surface area (Å²) in [6, 6.07) is 12.2. The average molecular weight is 456 g/mol. The highest BCUT2D eigenvalue weighted by molar-refractivity contribution is 9.10. The summed E-state index contributed by atoms with van der Waals surface area (Å²) in [5.41, 5.74) is 1.17. The molecule has 2 aromatic carbocycles. The van der Waals surface area contributed by atoms with E-state index in [2.05, 4.69) is 47.2 Å². The zero-order chi connectivity index (χ0) is 16.4. The van der Waals surface area contributed by atoms with Crippen LogP contribution in [0.2, 0.25) is 0 Å². The first-order valence-corrected chi connectivity index (χ1v) is 8.47. The van der Waals surface area contributed by atoms with Gasteiger partial charge >= 0.3 is 0 Å². The molecule has 3 aromatic rings. The lowest BCUT2D eigenvalue weighted by atomic mass is 10.2. The number of aromatic amines is 1. The van der Waals surface area contributed by atoms with Crippen LogP contribution in [0.15, 0.2) is 56.5 Å². The molecule has 1 aromatic heterocycles. The minimum atomic E-state index is -0.366. The molecule has 0 spiro atoms. The van der Waals surface area contributed by atoms with Crippen molar-refractivity contribution < 1.29 is 4.39 Å². The van der Waals surface area contributed by atoms with Crippen molar-refractivity contribution >= 4 is 50.3 Å². The maximum Gasteiger partial charge on any atom is 0.216 e. The van der Waals surface area contributed by atoms with E-state index in [9.17, 15) is 4.39 Å². The van der Waals surface area contributed by atoms with Crippen molar-refractivity contribution in [3.05, 3.63) is 67.6 Å². The third kappa shape index (κ3) is 3.49. The first-order chi connectivity index (χ1) is 11.1. The van der Waals surface area contributed by atoms with E-state index in [0.29, 0.717) is 16.2 Å². The van der Waals surface area contributed by atoms with Crippen molar-refractivity contribution in [3.8, 4) is 11.4 Å². The highest BCUT2D eigenvalue weighted by Crippen LogP contribution is 2.26. The molecule has 0 aliphatic carbocycles. The first kappa shape index (κ1) is 16.2. The van der Waals surface area contributed by atoms with Crippen molar-refractivity contribution in [2.45, 2.75) is 0 Å². The largest absolute Gasteiger partial charge is 0.250 e. The lowest BCUT2D eigenvalue weighted by Crippen LogP contribution is -1.97. The average Bonchev–Trinajstić information content (AvgIpc) is 2.89. The quantitative estimate of drug-likeness (QED) is 0.438. The smallest absolute Gasteiger partial charge is 0.216 e. The van der Waals surface area contributed by atoms with Gasteiger partial charge in [0, 0.05) is 20.1 Å². The lowest BCUT2D eigenvalue weighted by molar-refractivity contribution is 0.625. The molecule has 23 heavy (non-hydrogen) atoms. The number of aromatic nitrogens is 3. The molecule has 0 saturated carbocycles. The Hall–Kier alpha value is -1.64. The van der Waals surface area contributed by atoms with Gasteiger partial charge in [0.15, 0.2) is 5.82 Å². The predicted molar refractivity (Wildman–Crippen MR) is 97.6 cm³/mol. The number of hydrogen-bond acceptors (Lipinski definition) is 3. The van der Waals surface area contributed by atoms with Crippen molar-refractivity contribution in [3.63, 3.8) is 0 Å². The van der Waals surface area contributed by atoms with Gasteiger partial charge in [-0.2, -0.15) is 14.9 Å². The summed E-state index contributed by atoms with van der Waals surface area (Å²) >= 11 is 12.0. The van der Waals surface area contributed by atoms with Gasteiger partial charge in [0.05, 0.1) is 6.21 Å². The Morgan fingerprint density at radius 2 is 2.00 bits per heavy atom. The second kappa shape index (κ2) is 6.86. The highest BCUT2D eigenvalue weighted by atomic mass is 79.9. The molecule has 0 aliphatic heterocycles. The van der Waals surface area contributed by atoms with Gasteiger partial charge in [-0.25, -0.2) is 9.49 Å². The van der Waals surface area contributed by atoms with Gasteiger partial charge in [-0.15, -0.1) is 0 Å². The molecule has 0 amide bonds. The number of nitrogens with one attached hydrogen (secondary N) is 1. The fraction of sp³-hybridized carbons (Fsp3) is 0. The summed E-state index contributed by atoms with van der Waals surface area (Å²) in [7, 11) is 0. The summed E-state index contributed by atoms with van der Waals surface area (Å²) in [5, 5.41) is 11.2. The van der Waals surface area contributed by atoms with E-state index >= 15 is 0 Å². The fourth-order valence-corrected chi connectivity index (χ4v) is 2.97. The van der Waals surface area contributed by atoms with E-state index in [0.717, 1.165) is 14.5 Å². The molecule has 4 nitrogen and oxygen atoms in total. The molecule has 0 saturated heterocycles. The van der Waals surface area contributed by atoms with Gasteiger partial charge in [-0.3, -0.25) is 0 Å².